The van der Waals surface area contributed by atoms with Gasteiger partial charge >= 0.3 is 0 Å². The smallest absolute Gasteiger partial charge is 0.274 e. The number of likely N-dealkylation sites (tertiary alicyclic amines) is 1. The topological polar surface area (TPSA) is 59.0 Å². The third kappa shape index (κ3) is 3.47. The largest absolute Gasteiger partial charge is 0.337 e. The summed E-state index contributed by atoms with van der Waals surface area (Å²) in [7, 11) is 0. The van der Waals surface area contributed by atoms with Crippen LogP contribution in [0.15, 0.2) is 36.9 Å². The van der Waals surface area contributed by atoms with Gasteiger partial charge in [-0.3, -0.25) is 14.8 Å². The van der Waals surface area contributed by atoms with Crippen molar-refractivity contribution in [2.24, 2.45) is 5.92 Å². The summed E-state index contributed by atoms with van der Waals surface area (Å²) in [4.78, 5) is 26.5. The van der Waals surface area contributed by atoms with Gasteiger partial charge < -0.3 is 4.90 Å². The molecule has 0 bridgehead atoms. The van der Waals surface area contributed by atoms with Crippen molar-refractivity contribution in [2.75, 3.05) is 13.1 Å². The van der Waals surface area contributed by atoms with Gasteiger partial charge in [-0.1, -0.05) is 0 Å². The molecular formula is C17H20N4O. The van der Waals surface area contributed by atoms with Gasteiger partial charge in [-0.2, -0.15) is 0 Å². The number of carbonyl (C=O) groups is 1. The zero-order valence-electron chi connectivity index (χ0n) is 12.8. The molecule has 2 aromatic rings. The van der Waals surface area contributed by atoms with Crippen molar-refractivity contribution in [1.82, 2.24) is 19.9 Å². The molecule has 1 fully saturated rings. The van der Waals surface area contributed by atoms with E-state index in [2.05, 4.69) is 27.1 Å². The van der Waals surface area contributed by atoms with Crippen molar-refractivity contribution in [3.63, 3.8) is 0 Å². The Balaban J connectivity index is 1.55. The van der Waals surface area contributed by atoms with Gasteiger partial charge in [0, 0.05) is 37.4 Å². The molecule has 3 rings (SSSR count). The third-order valence-electron chi connectivity index (χ3n) is 4.17. The maximum atomic E-state index is 12.3. The summed E-state index contributed by atoms with van der Waals surface area (Å²) in [5, 5.41) is 0. The third-order valence-corrected chi connectivity index (χ3v) is 4.17. The highest BCUT2D eigenvalue weighted by molar-refractivity contribution is 5.91. The molecule has 0 aliphatic carbocycles. The van der Waals surface area contributed by atoms with Gasteiger partial charge in [0.25, 0.3) is 5.91 Å². The lowest BCUT2D eigenvalue weighted by molar-refractivity contribution is 0.0684. The maximum Gasteiger partial charge on any atom is 0.274 e. The number of nitrogens with zero attached hydrogens (tertiary/aromatic N) is 4. The average molecular weight is 296 g/mol. The predicted molar refractivity (Wildman–Crippen MR) is 83.3 cm³/mol. The zero-order valence-corrected chi connectivity index (χ0v) is 12.8. The molecule has 0 spiro atoms. The molecule has 0 unspecified atom stereocenters. The van der Waals surface area contributed by atoms with Crippen LogP contribution in [-0.4, -0.2) is 38.8 Å². The van der Waals surface area contributed by atoms with E-state index in [9.17, 15) is 4.79 Å². The Bertz CT molecular complexity index is 636. The van der Waals surface area contributed by atoms with E-state index >= 15 is 0 Å². The molecule has 5 heteroatoms. The van der Waals surface area contributed by atoms with Crippen LogP contribution in [-0.2, 0) is 6.42 Å². The van der Waals surface area contributed by atoms with E-state index in [1.54, 1.807) is 12.4 Å². The molecule has 114 valence electrons. The number of carbonyl (C=O) groups excluding carboxylic acids is 1. The summed E-state index contributed by atoms with van der Waals surface area (Å²) < 4.78 is 0. The van der Waals surface area contributed by atoms with Gasteiger partial charge in [0.15, 0.2) is 0 Å². The van der Waals surface area contributed by atoms with Crippen LogP contribution < -0.4 is 0 Å². The van der Waals surface area contributed by atoms with E-state index < -0.39 is 0 Å². The van der Waals surface area contributed by atoms with Crippen LogP contribution in [0.25, 0.3) is 0 Å². The summed E-state index contributed by atoms with van der Waals surface area (Å²) in [6.07, 6.45) is 9.69. The fraction of sp³-hybridized carbons (Fsp3) is 0.412. The molecule has 0 N–H and O–H groups in total. The van der Waals surface area contributed by atoms with Gasteiger partial charge in [-0.05, 0) is 49.8 Å². The van der Waals surface area contributed by atoms with Crippen molar-refractivity contribution in [2.45, 2.75) is 26.2 Å². The van der Waals surface area contributed by atoms with Crippen LogP contribution in [0.4, 0.5) is 0 Å². The van der Waals surface area contributed by atoms with E-state index in [4.69, 9.17) is 0 Å². The van der Waals surface area contributed by atoms with Gasteiger partial charge in [0.2, 0.25) is 0 Å². The minimum absolute atomic E-state index is 0.00805. The lowest BCUT2D eigenvalue weighted by Crippen LogP contribution is -2.39. The first-order chi connectivity index (χ1) is 10.7. The zero-order chi connectivity index (χ0) is 15.4. The fourth-order valence-corrected chi connectivity index (χ4v) is 2.98. The Hall–Kier alpha value is -2.30. The number of pyridine rings is 1. The molecule has 22 heavy (non-hydrogen) atoms. The molecule has 1 aliphatic heterocycles. The Labute approximate surface area is 130 Å². The van der Waals surface area contributed by atoms with Gasteiger partial charge in [0.05, 0.1) is 6.20 Å². The van der Waals surface area contributed by atoms with Crippen molar-refractivity contribution in [1.29, 1.82) is 0 Å². The molecule has 0 radical (unpaired) electrons. The van der Waals surface area contributed by atoms with E-state index in [1.807, 2.05) is 18.0 Å². The second kappa shape index (κ2) is 6.64. The van der Waals surface area contributed by atoms with Gasteiger partial charge in [-0.15, -0.1) is 0 Å². The lowest BCUT2D eigenvalue weighted by Gasteiger charge is -2.31. The Kier molecular flexibility index (Phi) is 4.42. The van der Waals surface area contributed by atoms with Crippen molar-refractivity contribution < 1.29 is 4.79 Å². The molecule has 1 saturated heterocycles. The van der Waals surface area contributed by atoms with Crippen LogP contribution in [0.5, 0.6) is 0 Å². The molecule has 0 aromatic carbocycles. The average Bonchev–Trinajstić information content (AvgIpc) is 2.56. The SMILES string of the molecule is Cc1cc(CC2CCN(C(=O)c3cnccn3)CC2)ccn1. The minimum atomic E-state index is -0.00805. The Morgan fingerprint density at radius 1 is 1.23 bits per heavy atom. The summed E-state index contributed by atoms with van der Waals surface area (Å²) in [5.41, 5.74) is 2.84. The highest BCUT2D eigenvalue weighted by Crippen LogP contribution is 2.22. The summed E-state index contributed by atoms with van der Waals surface area (Å²) in [6, 6.07) is 4.24. The first kappa shape index (κ1) is 14.6. The number of rotatable bonds is 3. The highest BCUT2D eigenvalue weighted by Gasteiger charge is 2.24. The van der Waals surface area contributed by atoms with Crippen LogP contribution in [0.2, 0.25) is 0 Å². The predicted octanol–water partition coefficient (Wildman–Crippen LogP) is 2.27. The molecule has 2 aromatic heterocycles. The van der Waals surface area contributed by atoms with Gasteiger partial charge in [-0.25, -0.2) is 4.98 Å². The number of amides is 1. The summed E-state index contributed by atoms with van der Waals surface area (Å²) >= 11 is 0. The summed E-state index contributed by atoms with van der Waals surface area (Å²) in [5.74, 6) is 0.624. The van der Waals surface area contributed by atoms with Crippen LogP contribution in [0.1, 0.15) is 34.6 Å². The second-order valence-electron chi connectivity index (χ2n) is 5.84. The molecular weight excluding hydrogens is 276 g/mol. The van der Waals surface area contributed by atoms with E-state index in [0.717, 1.165) is 38.0 Å². The van der Waals surface area contributed by atoms with Crippen LogP contribution >= 0.6 is 0 Å². The minimum Gasteiger partial charge on any atom is -0.337 e. The molecule has 3 heterocycles. The van der Waals surface area contributed by atoms with Gasteiger partial charge in [0.1, 0.15) is 5.69 Å². The molecule has 0 saturated carbocycles. The lowest BCUT2D eigenvalue weighted by atomic mass is 9.90. The second-order valence-corrected chi connectivity index (χ2v) is 5.84. The maximum absolute atomic E-state index is 12.3. The number of hydrogen-bond acceptors (Lipinski definition) is 4. The van der Waals surface area contributed by atoms with Crippen LogP contribution in [0.3, 0.4) is 0 Å². The first-order valence-corrected chi connectivity index (χ1v) is 7.69. The molecule has 0 atom stereocenters. The summed E-state index contributed by atoms with van der Waals surface area (Å²) in [6.45, 7) is 3.61. The first-order valence-electron chi connectivity index (χ1n) is 7.69. The fourth-order valence-electron chi connectivity index (χ4n) is 2.98. The highest BCUT2D eigenvalue weighted by atomic mass is 16.2. The number of aromatic nitrogens is 3. The van der Waals surface area contributed by atoms with E-state index in [1.165, 1.54) is 11.8 Å². The Morgan fingerprint density at radius 2 is 2.05 bits per heavy atom. The number of hydrogen-bond donors (Lipinski definition) is 0. The Morgan fingerprint density at radius 3 is 2.73 bits per heavy atom. The van der Waals surface area contributed by atoms with E-state index in [0.29, 0.717) is 11.6 Å². The van der Waals surface area contributed by atoms with E-state index in [-0.39, 0.29) is 5.91 Å². The van der Waals surface area contributed by atoms with Crippen molar-refractivity contribution >= 4 is 5.91 Å². The van der Waals surface area contributed by atoms with Crippen molar-refractivity contribution in [3.8, 4) is 0 Å². The van der Waals surface area contributed by atoms with Crippen molar-refractivity contribution in [3.05, 3.63) is 53.9 Å². The normalized spacial score (nSPS) is 15.8. The number of aryl methyl sites for hydroxylation is 1. The standard InChI is InChI=1S/C17H20N4O/c1-13-10-15(2-5-19-13)11-14-3-8-21(9-4-14)17(22)16-12-18-6-7-20-16/h2,5-7,10,12,14H,3-4,8-9,11H2,1H3. The molecule has 5 nitrogen and oxygen atoms in total. The van der Waals surface area contributed by atoms with Crippen LogP contribution in [0, 0.1) is 12.8 Å². The molecule has 1 aliphatic rings. The number of piperidine rings is 1. The monoisotopic (exact) mass is 296 g/mol. The molecule has 1 amide bonds. The quantitative estimate of drug-likeness (QED) is 0.872.